The Morgan fingerprint density at radius 1 is 1.37 bits per heavy atom. The molecule has 2 rings (SSSR count). The molecule has 1 heterocycles. The van der Waals surface area contributed by atoms with E-state index >= 15 is 0 Å². The van der Waals surface area contributed by atoms with Gasteiger partial charge in [-0.2, -0.15) is 0 Å². The molecule has 2 nitrogen and oxygen atoms in total. The SMILES string of the molecule is CCC1(C(=O)Cc2c(F)cccc2F)CCCNC1. The topological polar surface area (TPSA) is 29.1 Å². The lowest BCUT2D eigenvalue weighted by Crippen LogP contribution is -2.45. The summed E-state index contributed by atoms with van der Waals surface area (Å²) in [7, 11) is 0. The van der Waals surface area contributed by atoms with Gasteiger partial charge < -0.3 is 5.32 Å². The van der Waals surface area contributed by atoms with Crippen LogP contribution in [0.1, 0.15) is 31.7 Å². The zero-order chi connectivity index (χ0) is 13.9. The predicted molar refractivity (Wildman–Crippen MR) is 69.9 cm³/mol. The molecule has 0 aromatic heterocycles. The van der Waals surface area contributed by atoms with Gasteiger partial charge in [0.15, 0.2) is 0 Å². The molecule has 0 saturated carbocycles. The van der Waals surface area contributed by atoms with E-state index in [-0.39, 0.29) is 17.8 Å². The Labute approximate surface area is 112 Å². The minimum absolute atomic E-state index is 0.0637. The van der Waals surface area contributed by atoms with E-state index in [1.807, 2.05) is 6.92 Å². The van der Waals surface area contributed by atoms with E-state index in [0.29, 0.717) is 13.0 Å². The smallest absolute Gasteiger partial charge is 0.144 e. The van der Waals surface area contributed by atoms with Gasteiger partial charge in [0.25, 0.3) is 0 Å². The molecule has 1 saturated heterocycles. The Morgan fingerprint density at radius 2 is 2.05 bits per heavy atom. The largest absolute Gasteiger partial charge is 0.316 e. The van der Waals surface area contributed by atoms with Crippen LogP contribution < -0.4 is 5.32 Å². The lowest BCUT2D eigenvalue weighted by atomic mass is 9.73. The van der Waals surface area contributed by atoms with Gasteiger partial charge in [-0.3, -0.25) is 4.79 Å². The first-order valence-electron chi connectivity index (χ1n) is 6.76. The van der Waals surface area contributed by atoms with E-state index in [9.17, 15) is 13.6 Å². The van der Waals surface area contributed by atoms with Crippen molar-refractivity contribution in [2.24, 2.45) is 5.41 Å². The van der Waals surface area contributed by atoms with E-state index in [2.05, 4.69) is 5.32 Å². The molecule has 0 amide bonds. The van der Waals surface area contributed by atoms with Crippen LogP contribution in [0.2, 0.25) is 0 Å². The third-order valence-corrected chi connectivity index (χ3v) is 4.14. The van der Waals surface area contributed by atoms with E-state index in [0.717, 1.165) is 19.4 Å². The molecule has 1 aromatic carbocycles. The summed E-state index contributed by atoms with van der Waals surface area (Å²) in [5.74, 6) is -1.34. The Balaban J connectivity index is 2.20. The van der Waals surface area contributed by atoms with Crippen molar-refractivity contribution in [1.29, 1.82) is 0 Å². The van der Waals surface area contributed by atoms with Gasteiger partial charge in [-0.05, 0) is 37.9 Å². The Hall–Kier alpha value is -1.29. The molecule has 1 aliphatic heterocycles. The third kappa shape index (κ3) is 2.84. The Morgan fingerprint density at radius 3 is 2.58 bits per heavy atom. The average molecular weight is 267 g/mol. The summed E-state index contributed by atoms with van der Waals surface area (Å²) in [4.78, 5) is 12.5. The highest BCUT2D eigenvalue weighted by atomic mass is 19.1. The van der Waals surface area contributed by atoms with Crippen molar-refractivity contribution in [3.8, 4) is 0 Å². The first-order valence-corrected chi connectivity index (χ1v) is 6.76. The maximum Gasteiger partial charge on any atom is 0.144 e. The van der Waals surface area contributed by atoms with Crippen molar-refractivity contribution in [2.45, 2.75) is 32.6 Å². The van der Waals surface area contributed by atoms with Crippen LogP contribution in [-0.2, 0) is 11.2 Å². The highest BCUT2D eigenvalue weighted by Crippen LogP contribution is 2.32. The van der Waals surface area contributed by atoms with Crippen molar-refractivity contribution in [1.82, 2.24) is 5.32 Å². The molecule has 0 aliphatic carbocycles. The van der Waals surface area contributed by atoms with Gasteiger partial charge in [0, 0.05) is 23.9 Å². The van der Waals surface area contributed by atoms with Crippen LogP contribution in [0.15, 0.2) is 18.2 Å². The van der Waals surface area contributed by atoms with Crippen molar-refractivity contribution in [3.05, 3.63) is 35.4 Å². The van der Waals surface area contributed by atoms with Crippen LogP contribution in [0.4, 0.5) is 8.78 Å². The van der Waals surface area contributed by atoms with E-state index in [1.54, 1.807) is 0 Å². The molecular formula is C15H19F2NO. The number of piperidine rings is 1. The van der Waals surface area contributed by atoms with Crippen LogP contribution in [0.5, 0.6) is 0 Å². The number of nitrogens with one attached hydrogen (secondary N) is 1. The summed E-state index contributed by atoms with van der Waals surface area (Å²) >= 11 is 0. The molecule has 1 fully saturated rings. The molecule has 104 valence electrons. The lowest BCUT2D eigenvalue weighted by molar-refractivity contribution is -0.129. The zero-order valence-electron chi connectivity index (χ0n) is 11.1. The molecule has 1 atom stereocenters. The maximum absolute atomic E-state index is 13.6. The molecule has 0 spiro atoms. The van der Waals surface area contributed by atoms with Gasteiger partial charge in [-0.15, -0.1) is 0 Å². The summed E-state index contributed by atoms with van der Waals surface area (Å²) in [6, 6.07) is 3.71. The molecule has 1 aliphatic rings. The second-order valence-corrected chi connectivity index (χ2v) is 5.21. The monoisotopic (exact) mass is 267 g/mol. The number of rotatable bonds is 4. The molecule has 0 radical (unpaired) electrons. The maximum atomic E-state index is 13.6. The average Bonchev–Trinajstić information content (AvgIpc) is 2.43. The molecule has 1 N–H and O–H groups in total. The summed E-state index contributed by atoms with van der Waals surface area (Å²) in [5, 5.41) is 3.21. The van der Waals surface area contributed by atoms with Crippen LogP contribution in [0.3, 0.4) is 0 Å². The number of ketones is 1. The number of hydrogen-bond acceptors (Lipinski definition) is 2. The quantitative estimate of drug-likeness (QED) is 0.909. The predicted octanol–water partition coefficient (Wildman–Crippen LogP) is 2.86. The molecule has 1 unspecified atom stereocenters. The molecule has 0 bridgehead atoms. The minimum Gasteiger partial charge on any atom is -0.316 e. The van der Waals surface area contributed by atoms with Crippen molar-refractivity contribution in [3.63, 3.8) is 0 Å². The van der Waals surface area contributed by atoms with Gasteiger partial charge in [-0.1, -0.05) is 13.0 Å². The number of carbonyl (C=O) groups is 1. The Bertz CT molecular complexity index is 447. The molecular weight excluding hydrogens is 248 g/mol. The fraction of sp³-hybridized carbons (Fsp3) is 0.533. The van der Waals surface area contributed by atoms with E-state index in [4.69, 9.17) is 0 Å². The number of hydrogen-bond donors (Lipinski definition) is 1. The third-order valence-electron chi connectivity index (χ3n) is 4.14. The Kier molecular flexibility index (Phi) is 4.30. The lowest BCUT2D eigenvalue weighted by Gasteiger charge is -2.35. The van der Waals surface area contributed by atoms with Crippen LogP contribution >= 0.6 is 0 Å². The standard InChI is InChI=1S/C15H19F2NO/c1-2-15(7-4-8-18-10-15)14(19)9-11-12(16)5-3-6-13(11)17/h3,5-6,18H,2,4,7-10H2,1H3. The first-order chi connectivity index (χ1) is 9.09. The zero-order valence-corrected chi connectivity index (χ0v) is 11.1. The first kappa shape index (κ1) is 14.1. The van der Waals surface area contributed by atoms with Gasteiger partial charge in [0.2, 0.25) is 0 Å². The van der Waals surface area contributed by atoms with Crippen LogP contribution in [0.25, 0.3) is 0 Å². The summed E-state index contributed by atoms with van der Waals surface area (Å²) in [6.07, 6.45) is 2.27. The fourth-order valence-electron chi connectivity index (χ4n) is 2.75. The summed E-state index contributed by atoms with van der Waals surface area (Å²) < 4.78 is 27.2. The van der Waals surface area contributed by atoms with E-state index in [1.165, 1.54) is 18.2 Å². The summed E-state index contributed by atoms with van der Waals surface area (Å²) in [5.41, 5.74) is -0.571. The second-order valence-electron chi connectivity index (χ2n) is 5.21. The second kappa shape index (κ2) is 5.78. The van der Waals surface area contributed by atoms with Crippen molar-refractivity contribution in [2.75, 3.05) is 13.1 Å². The molecule has 4 heteroatoms. The minimum atomic E-state index is -0.636. The van der Waals surface area contributed by atoms with Gasteiger partial charge in [-0.25, -0.2) is 8.78 Å². The van der Waals surface area contributed by atoms with Gasteiger partial charge >= 0.3 is 0 Å². The summed E-state index contributed by atoms with van der Waals surface area (Å²) in [6.45, 7) is 3.48. The number of benzene rings is 1. The van der Waals surface area contributed by atoms with Gasteiger partial charge in [0.05, 0.1) is 0 Å². The number of Topliss-reactive ketones (excluding diaryl/α,β-unsaturated/α-hetero) is 1. The van der Waals surface area contributed by atoms with Crippen molar-refractivity contribution < 1.29 is 13.6 Å². The molecule has 19 heavy (non-hydrogen) atoms. The number of carbonyl (C=O) groups excluding carboxylic acids is 1. The fourth-order valence-corrected chi connectivity index (χ4v) is 2.75. The van der Waals surface area contributed by atoms with Crippen molar-refractivity contribution >= 4 is 5.78 Å². The van der Waals surface area contributed by atoms with Gasteiger partial charge in [0.1, 0.15) is 17.4 Å². The normalized spacial score (nSPS) is 23.3. The van der Waals surface area contributed by atoms with E-state index < -0.39 is 17.0 Å². The van der Waals surface area contributed by atoms with Crippen LogP contribution in [0, 0.1) is 17.0 Å². The highest BCUT2D eigenvalue weighted by molar-refractivity contribution is 5.87. The number of halogens is 2. The molecule has 1 aromatic rings. The highest BCUT2D eigenvalue weighted by Gasteiger charge is 2.37. The van der Waals surface area contributed by atoms with Crippen LogP contribution in [-0.4, -0.2) is 18.9 Å².